The Balaban J connectivity index is 1.83. The van der Waals surface area contributed by atoms with E-state index in [-0.39, 0.29) is 17.0 Å². The minimum absolute atomic E-state index is 0.0513. The third-order valence-corrected chi connectivity index (χ3v) is 5.07. The van der Waals surface area contributed by atoms with Gasteiger partial charge in [-0.25, -0.2) is 0 Å². The maximum Gasteiger partial charge on any atom is 0.292 e. The monoisotopic (exact) mass is 390 g/mol. The molecule has 1 amide bonds. The zero-order valence-electron chi connectivity index (χ0n) is 16.8. The minimum atomic E-state index is -0.404. The molecule has 1 aromatic carbocycles. The molecule has 9 nitrogen and oxygen atoms in total. The average Bonchev–Trinajstić information content (AvgIpc) is 3.17. The van der Waals surface area contributed by atoms with Crippen molar-refractivity contribution < 1.29 is 9.72 Å². The van der Waals surface area contributed by atoms with Crippen molar-refractivity contribution >= 4 is 23.2 Å². The molecule has 2 rings (SSSR count). The molecule has 0 atom stereocenters. The number of carbonyl (C=O) groups is 1. The highest BCUT2D eigenvalue weighted by Crippen LogP contribution is 2.38. The Labute approximate surface area is 165 Å². The van der Waals surface area contributed by atoms with Crippen LogP contribution in [0, 0.1) is 15.5 Å². The molecule has 0 spiro atoms. The Kier molecular flexibility index (Phi) is 7.60. The molecule has 1 aromatic rings. The van der Waals surface area contributed by atoms with Crippen molar-refractivity contribution in [2.75, 3.05) is 46.1 Å². The van der Waals surface area contributed by atoms with Gasteiger partial charge in [0.25, 0.3) is 5.69 Å². The van der Waals surface area contributed by atoms with Gasteiger partial charge in [-0.15, -0.1) is 0 Å². The van der Waals surface area contributed by atoms with E-state index >= 15 is 0 Å². The molecule has 1 fully saturated rings. The molecule has 1 aliphatic carbocycles. The predicted octanol–water partition coefficient (Wildman–Crippen LogP) is 1.82. The number of nitrogens with zero attached hydrogens (tertiary/aromatic N) is 3. The molecule has 0 aliphatic heterocycles. The summed E-state index contributed by atoms with van der Waals surface area (Å²) in [7, 11) is 5.27. The number of amides is 1. The van der Waals surface area contributed by atoms with Crippen LogP contribution in [0.1, 0.15) is 25.7 Å². The van der Waals surface area contributed by atoms with Gasteiger partial charge < -0.3 is 20.9 Å². The van der Waals surface area contributed by atoms with Gasteiger partial charge in [-0.05, 0) is 18.9 Å². The van der Waals surface area contributed by atoms with E-state index in [2.05, 4.69) is 20.9 Å². The summed E-state index contributed by atoms with van der Waals surface area (Å²) in [5.74, 6) is 0.771. The first kappa shape index (κ1) is 21.5. The van der Waals surface area contributed by atoms with Crippen LogP contribution in [0.25, 0.3) is 0 Å². The van der Waals surface area contributed by atoms with Crippen LogP contribution in [0.3, 0.4) is 0 Å². The van der Waals surface area contributed by atoms with Crippen LogP contribution in [0.2, 0.25) is 0 Å². The molecule has 0 saturated heterocycles. The molecule has 0 bridgehead atoms. The van der Waals surface area contributed by atoms with Gasteiger partial charge in [0.2, 0.25) is 5.91 Å². The van der Waals surface area contributed by atoms with E-state index in [1.165, 1.54) is 6.07 Å². The highest BCUT2D eigenvalue weighted by Gasteiger charge is 2.42. The van der Waals surface area contributed by atoms with Gasteiger partial charge >= 0.3 is 0 Å². The quantitative estimate of drug-likeness (QED) is 0.205. The summed E-state index contributed by atoms with van der Waals surface area (Å²) in [6, 6.07) is 6.55. The van der Waals surface area contributed by atoms with E-state index < -0.39 is 4.92 Å². The van der Waals surface area contributed by atoms with Gasteiger partial charge in [0.15, 0.2) is 5.96 Å². The highest BCUT2D eigenvalue weighted by molar-refractivity contribution is 5.85. The van der Waals surface area contributed by atoms with Crippen LogP contribution < -0.4 is 16.0 Å². The van der Waals surface area contributed by atoms with Crippen LogP contribution in [0.5, 0.6) is 0 Å². The number of hydrogen-bond acceptors (Lipinski definition) is 5. The summed E-state index contributed by atoms with van der Waals surface area (Å²) in [6.45, 7) is 1.56. The first-order valence-electron chi connectivity index (χ1n) is 9.53. The van der Waals surface area contributed by atoms with Gasteiger partial charge in [0.1, 0.15) is 5.69 Å². The zero-order chi connectivity index (χ0) is 20.6. The third kappa shape index (κ3) is 5.34. The van der Waals surface area contributed by atoms with E-state index in [4.69, 9.17) is 0 Å². The van der Waals surface area contributed by atoms with Crippen molar-refractivity contribution in [3.05, 3.63) is 34.4 Å². The van der Waals surface area contributed by atoms with Crippen LogP contribution in [0.4, 0.5) is 11.4 Å². The molecule has 9 heteroatoms. The van der Waals surface area contributed by atoms with E-state index in [1.807, 2.05) is 0 Å². The summed E-state index contributed by atoms with van der Waals surface area (Å²) in [6.07, 6.45) is 3.89. The lowest BCUT2D eigenvalue weighted by atomic mass is 9.84. The summed E-state index contributed by atoms with van der Waals surface area (Å²) in [5, 5.41) is 20.6. The molecule has 0 radical (unpaired) electrons. The van der Waals surface area contributed by atoms with Crippen LogP contribution in [-0.4, -0.2) is 62.5 Å². The van der Waals surface area contributed by atoms with Gasteiger partial charge in [-0.1, -0.05) is 25.0 Å². The molecular formula is C19H30N6O3. The fraction of sp³-hybridized carbons (Fsp3) is 0.579. The van der Waals surface area contributed by atoms with E-state index in [0.29, 0.717) is 31.3 Å². The van der Waals surface area contributed by atoms with Crippen molar-refractivity contribution in [3.8, 4) is 0 Å². The molecule has 0 aromatic heterocycles. The SMILES string of the molecule is CN=C(NCCNc1ccccc1[N+](=O)[O-])NCC1(C(=O)N(C)C)CCCC1. The molecule has 0 heterocycles. The number of nitro benzene ring substituents is 1. The normalized spacial score (nSPS) is 15.8. The second kappa shape index (κ2) is 9.91. The molecule has 154 valence electrons. The van der Waals surface area contributed by atoms with Crippen molar-refractivity contribution in [2.24, 2.45) is 10.4 Å². The Morgan fingerprint density at radius 2 is 1.89 bits per heavy atom. The molecule has 0 unspecified atom stereocenters. The zero-order valence-corrected chi connectivity index (χ0v) is 16.8. The highest BCUT2D eigenvalue weighted by atomic mass is 16.6. The lowest BCUT2D eigenvalue weighted by Crippen LogP contribution is -2.49. The van der Waals surface area contributed by atoms with Gasteiger partial charge in [-0.3, -0.25) is 19.9 Å². The first-order valence-corrected chi connectivity index (χ1v) is 9.53. The van der Waals surface area contributed by atoms with Crippen molar-refractivity contribution in [3.63, 3.8) is 0 Å². The lowest BCUT2D eigenvalue weighted by molar-refractivity contribution is -0.384. The largest absolute Gasteiger partial charge is 0.378 e. The van der Waals surface area contributed by atoms with Crippen LogP contribution >= 0.6 is 0 Å². The number of hydrogen-bond donors (Lipinski definition) is 3. The number of anilines is 1. The molecule has 28 heavy (non-hydrogen) atoms. The number of aliphatic imine (C=N–C) groups is 1. The fourth-order valence-electron chi connectivity index (χ4n) is 3.63. The number of guanidine groups is 1. The van der Waals surface area contributed by atoms with Crippen LogP contribution in [0.15, 0.2) is 29.3 Å². The summed E-state index contributed by atoms with van der Waals surface area (Å²) < 4.78 is 0. The topological polar surface area (TPSA) is 112 Å². The van der Waals surface area contributed by atoms with Gasteiger partial charge in [-0.2, -0.15) is 0 Å². The Hall–Kier alpha value is -2.84. The van der Waals surface area contributed by atoms with Crippen molar-refractivity contribution in [1.82, 2.24) is 15.5 Å². The number of nitrogens with one attached hydrogen (secondary N) is 3. The summed E-state index contributed by atoms with van der Waals surface area (Å²) in [4.78, 5) is 29.1. The molecule has 1 saturated carbocycles. The maximum atomic E-state index is 12.6. The Bertz CT molecular complexity index is 713. The standard InChI is InChI=1S/C19H30N6O3/c1-20-18(23-14-19(10-6-7-11-19)17(26)24(2)3)22-13-12-21-15-8-4-5-9-16(15)25(27)28/h4-5,8-9,21H,6-7,10-14H2,1-3H3,(H2,20,22,23). The molecule has 3 N–H and O–H groups in total. The Morgan fingerprint density at radius 3 is 2.50 bits per heavy atom. The first-order chi connectivity index (χ1) is 13.4. The maximum absolute atomic E-state index is 12.6. The molecular weight excluding hydrogens is 360 g/mol. The van der Waals surface area contributed by atoms with E-state index in [9.17, 15) is 14.9 Å². The van der Waals surface area contributed by atoms with Gasteiger partial charge in [0.05, 0.1) is 10.3 Å². The second-order valence-corrected chi connectivity index (χ2v) is 7.24. The number of benzene rings is 1. The number of para-hydroxylation sites is 2. The third-order valence-electron chi connectivity index (χ3n) is 5.07. The fourth-order valence-corrected chi connectivity index (χ4v) is 3.63. The van der Waals surface area contributed by atoms with Crippen molar-refractivity contribution in [1.29, 1.82) is 0 Å². The Morgan fingerprint density at radius 1 is 1.21 bits per heavy atom. The number of carbonyl (C=O) groups excluding carboxylic acids is 1. The predicted molar refractivity (Wildman–Crippen MR) is 111 cm³/mol. The number of nitro groups is 1. The summed E-state index contributed by atoms with van der Waals surface area (Å²) in [5.41, 5.74) is 0.165. The van der Waals surface area contributed by atoms with Crippen molar-refractivity contribution in [2.45, 2.75) is 25.7 Å². The smallest absolute Gasteiger partial charge is 0.292 e. The number of rotatable bonds is 8. The average molecular weight is 390 g/mol. The van der Waals surface area contributed by atoms with Crippen LogP contribution in [-0.2, 0) is 4.79 Å². The van der Waals surface area contributed by atoms with Gasteiger partial charge in [0, 0.05) is 46.8 Å². The lowest BCUT2D eigenvalue weighted by Gasteiger charge is -2.31. The van der Waals surface area contributed by atoms with E-state index in [1.54, 1.807) is 44.2 Å². The second-order valence-electron chi connectivity index (χ2n) is 7.24. The molecule has 1 aliphatic rings. The summed E-state index contributed by atoms with van der Waals surface area (Å²) >= 11 is 0. The van der Waals surface area contributed by atoms with E-state index in [0.717, 1.165) is 25.7 Å². The minimum Gasteiger partial charge on any atom is -0.378 e.